The SMILES string of the molecule is COc1ccc(Oc2ccc(CNC(=O)C3(NC(=O)OCc4ccccc4)CCNCC3)cc2)c(Cl)c1. The Labute approximate surface area is 221 Å². The summed E-state index contributed by atoms with van der Waals surface area (Å²) >= 11 is 6.25. The van der Waals surface area contributed by atoms with Crippen LogP contribution in [-0.4, -0.2) is 37.7 Å². The van der Waals surface area contributed by atoms with Gasteiger partial charge in [-0.15, -0.1) is 0 Å². The number of rotatable bonds is 9. The summed E-state index contributed by atoms with van der Waals surface area (Å²) in [7, 11) is 1.57. The first-order chi connectivity index (χ1) is 18.0. The van der Waals surface area contributed by atoms with Crippen LogP contribution in [0.1, 0.15) is 24.0 Å². The fraction of sp³-hybridized carbons (Fsp3) is 0.286. The largest absolute Gasteiger partial charge is 0.497 e. The molecule has 0 aromatic heterocycles. The van der Waals surface area contributed by atoms with Crippen molar-refractivity contribution in [2.24, 2.45) is 0 Å². The zero-order valence-electron chi connectivity index (χ0n) is 20.6. The molecule has 9 heteroatoms. The highest BCUT2D eigenvalue weighted by Crippen LogP contribution is 2.32. The normalized spacial score (nSPS) is 14.3. The van der Waals surface area contributed by atoms with Gasteiger partial charge in [-0.25, -0.2) is 4.79 Å². The first-order valence-corrected chi connectivity index (χ1v) is 12.4. The van der Waals surface area contributed by atoms with E-state index in [9.17, 15) is 9.59 Å². The van der Waals surface area contributed by atoms with Crippen molar-refractivity contribution in [1.29, 1.82) is 0 Å². The van der Waals surface area contributed by atoms with Gasteiger partial charge >= 0.3 is 6.09 Å². The zero-order chi connectivity index (χ0) is 26.1. The molecule has 3 aromatic carbocycles. The van der Waals surface area contributed by atoms with Crippen molar-refractivity contribution in [2.75, 3.05) is 20.2 Å². The number of methoxy groups -OCH3 is 1. The molecule has 0 saturated carbocycles. The number of amides is 2. The lowest BCUT2D eigenvalue weighted by molar-refractivity contribution is -0.128. The van der Waals surface area contributed by atoms with Crippen molar-refractivity contribution in [1.82, 2.24) is 16.0 Å². The molecular weight excluding hydrogens is 494 g/mol. The average Bonchev–Trinajstić information content (AvgIpc) is 2.93. The number of halogens is 1. The van der Waals surface area contributed by atoms with E-state index in [-0.39, 0.29) is 12.5 Å². The third kappa shape index (κ3) is 7.15. The summed E-state index contributed by atoms with van der Waals surface area (Å²) in [6.07, 6.45) is 0.322. The number of carbonyl (C=O) groups excluding carboxylic acids is 2. The van der Waals surface area contributed by atoms with E-state index in [0.717, 1.165) is 11.1 Å². The Hall–Kier alpha value is -3.75. The minimum Gasteiger partial charge on any atom is -0.497 e. The third-order valence-corrected chi connectivity index (χ3v) is 6.48. The number of piperidine rings is 1. The van der Waals surface area contributed by atoms with Crippen LogP contribution in [0, 0.1) is 0 Å². The molecule has 1 aliphatic heterocycles. The molecule has 1 saturated heterocycles. The maximum atomic E-state index is 13.2. The predicted molar refractivity (Wildman–Crippen MR) is 141 cm³/mol. The lowest BCUT2D eigenvalue weighted by Crippen LogP contribution is -2.62. The Bertz CT molecular complexity index is 1200. The second-order valence-corrected chi connectivity index (χ2v) is 9.15. The van der Waals surface area contributed by atoms with Crippen molar-refractivity contribution in [3.05, 3.63) is 88.9 Å². The summed E-state index contributed by atoms with van der Waals surface area (Å²) in [6, 6.07) is 22.0. The van der Waals surface area contributed by atoms with Crippen LogP contribution in [0.5, 0.6) is 17.2 Å². The minimum atomic E-state index is -1.03. The van der Waals surface area contributed by atoms with E-state index >= 15 is 0 Å². The topological polar surface area (TPSA) is 97.9 Å². The Morgan fingerprint density at radius 1 is 0.946 bits per heavy atom. The van der Waals surface area contributed by atoms with E-state index in [2.05, 4.69) is 16.0 Å². The maximum Gasteiger partial charge on any atom is 0.408 e. The number of nitrogens with one attached hydrogen (secondary N) is 3. The Balaban J connectivity index is 1.33. The van der Waals surface area contributed by atoms with Crippen LogP contribution in [0.25, 0.3) is 0 Å². The van der Waals surface area contributed by atoms with Gasteiger partial charge in [0, 0.05) is 12.6 Å². The molecule has 37 heavy (non-hydrogen) atoms. The van der Waals surface area contributed by atoms with E-state index in [0.29, 0.717) is 54.7 Å². The molecule has 4 rings (SSSR count). The fourth-order valence-electron chi connectivity index (χ4n) is 4.06. The maximum absolute atomic E-state index is 13.2. The van der Waals surface area contributed by atoms with Gasteiger partial charge in [-0.05, 0) is 61.3 Å². The van der Waals surface area contributed by atoms with Crippen LogP contribution in [0.15, 0.2) is 72.8 Å². The van der Waals surface area contributed by atoms with Crippen molar-refractivity contribution in [3.8, 4) is 17.2 Å². The Kier molecular flexibility index (Phi) is 8.87. The molecule has 0 bridgehead atoms. The molecule has 8 nitrogen and oxygen atoms in total. The molecule has 0 atom stereocenters. The lowest BCUT2D eigenvalue weighted by atomic mass is 9.87. The molecule has 1 heterocycles. The molecule has 1 fully saturated rings. The summed E-state index contributed by atoms with van der Waals surface area (Å²) < 4.78 is 16.4. The summed E-state index contributed by atoms with van der Waals surface area (Å²) in [5, 5.41) is 9.48. The van der Waals surface area contributed by atoms with Crippen LogP contribution >= 0.6 is 11.6 Å². The minimum absolute atomic E-state index is 0.138. The van der Waals surface area contributed by atoms with Gasteiger partial charge in [-0.3, -0.25) is 4.79 Å². The number of benzene rings is 3. The molecule has 1 aliphatic rings. The zero-order valence-corrected chi connectivity index (χ0v) is 21.3. The Morgan fingerprint density at radius 2 is 1.65 bits per heavy atom. The molecule has 0 unspecified atom stereocenters. The van der Waals surface area contributed by atoms with Crippen LogP contribution in [-0.2, 0) is 22.7 Å². The van der Waals surface area contributed by atoms with Gasteiger partial charge in [0.15, 0.2) is 0 Å². The van der Waals surface area contributed by atoms with Gasteiger partial charge in [0.2, 0.25) is 5.91 Å². The number of ether oxygens (including phenoxy) is 3. The van der Waals surface area contributed by atoms with Crippen LogP contribution in [0.4, 0.5) is 4.79 Å². The van der Waals surface area contributed by atoms with E-state index in [1.807, 2.05) is 54.6 Å². The summed E-state index contributed by atoms with van der Waals surface area (Å²) in [5.74, 6) is 1.53. The van der Waals surface area contributed by atoms with Crippen LogP contribution < -0.4 is 25.4 Å². The van der Waals surface area contributed by atoms with Gasteiger partial charge < -0.3 is 30.2 Å². The Morgan fingerprint density at radius 3 is 2.32 bits per heavy atom. The molecule has 194 valence electrons. The van der Waals surface area contributed by atoms with E-state index < -0.39 is 11.6 Å². The molecular formula is C28H30ClN3O5. The monoisotopic (exact) mass is 523 g/mol. The molecule has 0 aliphatic carbocycles. The predicted octanol–water partition coefficient (Wildman–Crippen LogP) is 4.81. The highest BCUT2D eigenvalue weighted by Gasteiger charge is 2.41. The number of hydrogen-bond donors (Lipinski definition) is 3. The number of hydrogen-bond acceptors (Lipinski definition) is 6. The van der Waals surface area contributed by atoms with E-state index in [1.165, 1.54) is 0 Å². The molecule has 0 spiro atoms. The second kappa shape index (κ2) is 12.5. The summed E-state index contributed by atoms with van der Waals surface area (Å²) in [5.41, 5.74) is 0.730. The molecule has 2 amide bonds. The van der Waals surface area contributed by atoms with E-state index in [1.54, 1.807) is 25.3 Å². The van der Waals surface area contributed by atoms with Crippen LogP contribution in [0.3, 0.4) is 0 Å². The van der Waals surface area contributed by atoms with Gasteiger partial charge in [-0.2, -0.15) is 0 Å². The number of alkyl carbamates (subject to hydrolysis) is 1. The quantitative estimate of drug-likeness (QED) is 0.372. The van der Waals surface area contributed by atoms with Gasteiger partial charge in [0.1, 0.15) is 29.4 Å². The first kappa shape index (κ1) is 26.3. The number of carbonyl (C=O) groups is 2. The molecule has 0 radical (unpaired) electrons. The van der Waals surface area contributed by atoms with Crippen molar-refractivity contribution in [2.45, 2.75) is 31.5 Å². The van der Waals surface area contributed by atoms with Crippen molar-refractivity contribution < 1.29 is 23.8 Å². The fourth-order valence-corrected chi connectivity index (χ4v) is 4.27. The third-order valence-electron chi connectivity index (χ3n) is 6.19. The van der Waals surface area contributed by atoms with Gasteiger partial charge in [0.05, 0.1) is 12.1 Å². The summed E-state index contributed by atoms with van der Waals surface area (Å²) in [4.78, 5) is 25.8. The summed E-state index contributed by atoms with van der Waals surface area (Å²) in [6.45, 7) is 1.68. The smallest absolute Gasteiger partial charge is 0.408 e. The molecule has 3 aromatic rings. The highest BCUT2D eigenvalue weighted by atomic mass is 35.5. The lowest BCUT2D eigenvalue weighted by Gasteiger charge is -2.36. The van der Waals surface area contributed by atoms with Crippen molar-refractivity contribution >= 4 is 23.6 Å². The first-order valence-electron chi connectivity index (χ1n) is 12.1. The second-order valence-electron chi connectivity index (χ2n) is 8.74. The van der Waals surface area contributed by atoms with Gasteiger partial charge in [0.25, 0.3) is 0 Å². The van der Waals surface area contributed by atoms with E-state index in [4.69, 9.17) is 25.8 Å². The highest BCUT2D eigenvalue weighted by molar-refractivity contribution is 6.32. The van der Waals surface area contributed by atoms with Gasteiger partial charge in [-0.1, -0.05) is 54.1 Å². The standard InChI is InChI=1S/C28H30ClN3O5/c1-35-23-11-12-25(24(29)17-23)37-22-9-7-20(8-10-22)18-31-26(33)28(13-15-30-16-14-28)32-27(34)36-19-21-5-3-2-4-6-21/h2-12,17,30H,13-16,18-19H2,1H3,(H,31,33)(H,32,34). The molecule has 3 N–H and O–H groups in total. The average molecular weight is 524 g/mol. The van der Waals surface area contributed by atoms with Crippen molar-refractivity contribution in [3.63, 3.8) is 0 Å². The van der Waals surface area contributed by atoms with Crippen LogP contribution in [0.2, 0.25) is 5.02 Å².